The molecule has 3 nitrogen and oxygen atoms in total. The summed E-state index contributed by atoms with van der Waals surface area (Å²) in [6, 6.07) is 31.9. The molecular formula is C42H33F3O3. The minimum absolute atomic E-state index is 0.303. The number of methoxy groups -OCH3 is 3. The smallest absolute Gasteiger partial charge is 0.126 e. The molecule has 0 spiro atoms. The first-order valence-electron chi connectivity index (χ1n) is 15.7. The topological polar surface area (TPSA) is 27.7 Å². The number of hydrogen-bond acceptors (Lipinski definition) is 3. The number of halogens is 3. The summed E-state index contributed by atoms with van der Waals surface area (Å²) in [5.41, 5.74) is 11.7. The van der Waals surface area contributed by atoms with Gasteiger partial charge in [-0.3, -0.25) is 0 Å². The van der Waals surface area contributed by atoms with Crippen molar-refractivity contribution >= 4 is 0 Å². The van der Waals surface area contributed by atoms with E-state index >= 15 is 0 Å². The second kappa shape index (κ2) is 13.0. The predicted molar refractivity (Wildman–Crippen MR) is 184 cm³/mol. The average molecular weight is 643 g/mol. The molecule has 0 N–H and O–H groups in total. The third-order valence-electron chi connectivity index (χ3n) is 9.17. The summed E-state index contributed by atoms with van der Waals surface area (Å²) in [4.78, 5) is 0. The van der Waals surface area contributed by atoms with Crippen molar-refractivity contribution in [3.8, 4) is 50.6 Å². The molecule has 7 rings (SSSR count). The van der Waals surface area contributed by atoms with Crippen molar-refractivity contribution in [1.82, 2.24) is 0 Å². The van der Waals surface area contributed by atoms with Crippen molar-refractivity contribution < 1.29 is 27.4 Å². The largest absolute Gasteiger partial charge is 0.496 e. The fraction of sp³-hybridized carbons (Fsp3) is 0.143. The summed E-state index contributed by atoms with van der Waals surface area (Å²) in [5, 5.41) is 0. The molecule has 6 heteroatoms. The van der Waals surface area contributed by atoms with Gasteiger partial charge < -0.3 is 14.2 Å². The van der Waals surface area contributed by atoms with Crippen LogP contribution < -0.4 is 14.2 Å². The lowest BCUT2D eigenvalue weighted by Gasteiger charge is -2.18. The molecule has 0 aromatic heterocycles. The van der Waals surface area contributed by atoms with Crippen LogP contribution in [-0.4, -0.2) is 21.3 Å². The number of ether oxygens (including phenoxy) is 3. The number of rotatable bonds is 6. The highest BCUT2D eigenvalue weighted by Crippen LogP contribution is 2.42. The van der Waals surface area contributed by atoms with Crippen molar-refractivity contribution in [1.29, 1.82) is 0 Å². The monoisotopic (exact) mass is 642 g/mol. The normalized spacial score (nSPS) is 12.1. The average Bonchev–Trinajstić information content (AvgIpc) is 3.16. The molecule has 0 radical (unpaired) electrons. The number of benzene rings is 6. The van der Waals surface area contributed by atoms with Gasteiger partial charge in [-0.15, -0.1) is 0 Å². The van der Waals surface area contributed by atoms with Crippen LogP contribution in [0.1, 0.15) is 33.4 Å². The van der Waals surface area contributed by atoms with Gasteiger partial charge in [0.05, 0.1) is 21.3 Å². The van der Waals surface area contributed by atoms with Gasteiger partial charge in [0.2, 0.25) is 0 Å². The van der Waals surface area contributed by atoms with Gasteiger partial charge >= 0.3 is 0 Å². The molecule has 0 saturated heterocycles. The zero-order valence-corrected chi connectivity index (χ0v) is 26.9. The Morgan fingerprint density at radius 2 is 0.583 bits per heavy atom. The van der Waals surface area contributed by atoms with E-state index in [-0.39, 0.29) is 17.5 Å². The third-order valence-corrected chi connectivity index (χ3v) is 9.17. The van der Waals surface area contributed by atoms with E-state index in [2.05, 4.69) is 36.4 Å². The van der Waals surface area contributed by atoms with Crippen LogP contribution in [0.25, 0.3) is 33.4 Å². The summed E-state index contributed by atoms with van der Waals surface area (Å²) in [5.74, 6) is 1.17. The Kier molecular flexibility index (Phi) is 8.40. The minimum atomic E-state index is -0.303. The Balaban J connectivity index is 1.47. The fourth-order valence-corrected chi connectivity index (χ4v) is 6.67. The molecule has 0 saturated carbocycles. The first-order valence-corrected chi connectivity index (χ1v) is 15.7. The van der Waals surface area contributed by atoms with Gasteiger partial charge in [-0.25, -0.2) is 13.2 Å². The van der Waals surface area contributed by atoms with Gasteiger partial charge in [-0.05, 0) is 142 Å². The number of hydrogen-bond donors (Lipinski definition) is 0. The van der Waals surface area contributed by atoms with E-state index in [4.69, 9.17) is 14.2 Å². The van der Waals surface area contributed by atoms with E-state index < -0.39 is 0 Å². The standard InChI is InChI=1S/C42H33F3O3/c1-46-40-22-31-16-29-20-38(26-6-12-35(44)13-7-26)42(48-3)24-33(29)18-30-21-39(27-8-14-36(45)15-9-27)41(47-2)23-32(30)17-28(31)19-37(40)25-4-10-34(43)11-5-25/h4-15,19-24H,16-18H2,1-3H3. The highest BCUT2D eigenvalue weighted by Gasteiger charge is 2.22. The quantitative estimate of drug-likeness (QED) is 0.181. The Bertz CT molecular complexity index is 1880. The zero-order valence-electron chi connectivity index (χ0n) is 26.9. The molecule has 0 heterocycles. The lowest BCUT2D eigenvalue weighted by Crippen LogP contribution is -2.02. The summed E-state index contributed by atoms with van der Waals surface area (Å²) in [7, 11) is 4.94. The SMILES string of the molecule is COc1cc2c(cc1-c1ccc(F)cc1)Cc1cc(OC)c(-c3ccc(F)cc3)cc1Cc1cc(OC)c(-c3ccc(F)cc3)cc1C2. The van der Waals surface area contributed by atoms with E-state index in [0.29, 0.717) is 36.5 Å². The van der Waals surface area contributed by atoms with Crippen molar-refractivity contribution in [3.05, 3.63) is 160 Å². The van der Waals surface area contributed by atoms with Crippen LogP contribution in [0.5, 0.6) is 17.2 Å². The first-order chi connectivity index (χ1) is 23.3. The van der Waals surface area contributed by atoms with Crippen LogP contribution in [0.3, 0.4) is 0 Å². The minimum Gasteiger partial charge on any atom is -0.496 e. The first kappa shape index (κ1) is 31.1. The Labute approximate surface area is 278 Å². The van der Waals surface area contributed by atoms with Crippen LogP contribution in [0.4, 0.5) is 13.2 Å². The molecule has 6 aromatic carbocycles. The molecule has 240 valence electrons. The maximum Gasteiger partial charge on any atom is 0.126 e. The highest BCUT2D eigenvalue weighted by atomic mass is 19.1. The van der Waals surface area contributed by atoms with Crippen molar-refractivity contribution in [2.75, 3.05) is 21.3 Å². The zero-order chi connectivity index (χ0) is 33.4. The lowest BCUT2D eigenvalue weighted by atomic mass is 9.89. The van der Waals surface area contributed by atoms with E-state index in [0.717, 1.165) is 66.8 Å². The fourth-order valence-electron chi connectivity index (χ4n) is 6.67. The molecule has 1 aliphatic rings. The van der Waals surface area contributed by atoms with Crippen LogP contribution in [0.15, 0.2) is 109 Å². The molecule has 0 aliphatic heterocycles. The second-order valence-corrected chi connectivity index (χ2v) is 12.0. The van der Waals surface area contributed by atoms with Gasteiger partial charge in [0, 0.05) is 16.7 Å². The summed E-state index contributed by atoms with van der Waals surface area (Å²) < 4.78 is 59.4. The van der Waals surface area contributed by atoms with Crippen LogP contribution in [0.2, 0.25) is 0 Å². The van der Waals surface area contributed by atoms with Crippen molar-refractivity contribution in [2.24, 2.45) is 0 Å². The molecule has 48 heavy (non-hydrogen) atoms. The molecule has 0 atom stereocenters. The van der Waals surface area contributed by atoms with Crippen LogP contribution in [-0.2, 0) is 19.3 Å². The van der Waals surface area contributed by atoms with Gasteiger partial charge in [-0.2, -0.15) is 0 Å². The number of fused-ring (bicyclic) bond motifs is 3. The van der Waals surface area contributed by atoms with E-state index in [1.807, 2.05) is 0 Å². The Hall–Kier alpha value is -5.49. The van der Waals surface area contributed by atoms with Gasteiger partial charge in [-0.1, -0.05) is 36.4 Å². The van der Waals surface area contributed by atoms with Crippen molar-refractivity contribution in [3.63, 3.8) is 0 Å². The van der Waals surface area contributed by atoms with Crippen LogP contribution in [0, 0.1) is 17.5 Å². The summed E-state index contributed by atoms with van der Waals surface area (Å²) >= 11 is 0. The Morgan fingerprint density at radius 1 is 0.354 bits per heavy atom. The molecule has 0 unspecified atom stereocenters. The van der Waals surface area contributed by atoms with Gasteiger partial charge in [0.15, 0.2) is 0 Å². The van der Waals surface area contributed by atoms with Crippen molar-refractivity contribution in [2.45, 2.75) is 19.3 Å². The van der Waals surface area contributed by atoms with E-state index in [1.165, 1.54) is 36.4 Å². The maximum atomic E-state index is 13.9. The third kappa shape index (κ3) is 6.02. The van der Waals surface area contributed by atoms with E-state index in [1.54, 1.807) is 57.7 Å². The second-order valence-electron chi connectivity index (χ2n) is 12.0. The lowest BCUT2D eigenvalue weighted by molar-refractivity contribution is 0.415. The molecule has 0 fully saturated rings. The molecule has 1 aliphatic carbocycles. The molecule has 0 bridgehead atoms. The van der Waals surface area contributed by atoms with Gasteiger partial charge in [0.25, 0.3) is 0 Å². The molecule has 0 amide bonds. The van der Waals surface area contributed by atoms with Gasteiger partial charge in [0.1, 0.15) is 34.7 Å². The summed E-state index contributed by atoms with van der Waals surface area (Å²) in [6.07, 6.45) is 1.83. The Morgan fingerprint density at radius 3 is 0.812 bits per heavy atom. The molecule has 6 aromatic rings. The molecular weight excluding hydrogens is 609 g/mol. The predicted octanol–water partition coefficient (Wildman–Crippen LogP) is 10.2. The highest BCUT2D eigenvalue weighted by molar-refractivity contribution is 5.76. The summed E-state index contributed by atoms with van der Waals surface area (Å²) in [6.45, 7) is 0. The van der Waals surface area contributed by atoms with Crippen LogP contribution >= 0.6 is 0 Å². The van der Waals surface area contributed by atoms with E-state index in [9.17, 15) is 13.2 Å². The maximum absolute atomic E-state index is 13.9.